The second-order valence-corrected chi connectivity index (χ2v) is 7.86. The summed E-state index contributed by atoms with van der Waals surface area (Å²) >= 11 is 0. The summed E-state index contributed by atoms with van der Waals surface area (Å²) in [6.07, 6.45) is 4.26. The van der Waals surface area contributed by atoms with Crippen LogP contribution in [0.3, 0.4) is 0 Å². The van der Waals surface area contributed by atoms with E-state index in [4.69, 9.17) is 18.9 Å². The molecule has 0 saturated heterocycles. The Morgan fingerprint density at radius 1 is 1.06 bits per heavy atom. The number of hydrogen-bond donors (Lipinski definition) is 0. The van der Waals surface area contributed by atoms with Crippen molar-refractivity contribution in [2.45, 2.75) is 20.3 Å². The predicted octanol–water partition coefficient (Wildman–Crippen LogP) is 3.32. The molecule has 0 unspecified atom stereocenters. The molecule has 0 fully saturated rings. The maximum absolute atomic E-state index is 13.3. The molecule has 1 aliphatic rings. The van der Waals surface area contributed by atoms with Crippen LogP contribution < -0.4 is 18.9 Å². The van der Waals surface area contributed by atoms with Crippen LogP contribution in [0.25, 0.3) is 11.4 Å². The van der Waals surface area contributed by atoms with Crippen molar-refractivity contribution in [2.24, 2.45) is 0 Å². The number of rotatable bonds is 8. The zero-order valence-electron chi connectivity index (χ0n) is 20.6. The van der Waals surface area contributed by atoms with Gasteiger partial charge >= 0.3 is 0 Å². The molecular weight excluding hydrogens is 450 g/mol. The molecule has 0 atom stereocenters. The normalized spacial score (nSPS) is 13.3. The molecule has 10 nitrogen and oxygen atoms in total. The Morgan fingerprint density at radius 3 is 2.34 bits per heavy atom. The molecule has 1 amide bonds. The van der Waals surface area contributed by atoms with Crippen molar-refractivity contribution in [3.63, 3.8) is 0 Å². The monoisotopic (exact) mass is 479 g/mol. The van der Waals surface area contributed by atoms with E-state index in [-0.39, 0.29) is 5.91 Å². The van der Waals surface area contributed by atoms with Crippen molar-refractivity contribution in [2.75, 3.05) is 41.0 Å². The van der Waals surface area contributed by atoms with Crippen LogP contribution in [0, 0.1) is 6.92 Å². The molecule has 4 rings (SSSR count). The fourth-order valence-corrected chi connectivity index (χ4v) is 4.07. The minimum Gasteiger partial charge on any atom is -0.496 e. The highest BCUT2D eigenvalue weighted by Gasteiger charge is 2.26. The maximum atomic E-state index is 13.3. The van der Waals surface area contributed by atoms with E-state index in [9.17, 15) is 4.79 Å². The van der Waals surface area contributed by atoms with Gasteiger partial charge in [0.05, 0.1) is 51.0 Å². The second kappa shape index (κ2) is 10.5. The Morgan fingerprint density at radius 2 is 1.80 bits per heavy atom. The number of amides is 1. The Labute approximate surface area is 204 Å². The number of nitrogens with zero attached hydrogens (tertiary/aromatic N) is 5. The summed E-state index contributed by atoms with van der Waals surface area (Å²) in [5.41, 5.74) is 3.15. The molecule has 1 aromatic carbocycles. The van der Waals surface area contributed by atoms with Gasteiger partial charge in [-0.05, 0) is 31.9 Å². The largest absolute Gasteiger partial charge is 0.496 e. The Kier molecular flexibility index (Phi) is 7.19. The van der Waals surface area contributed by atoms with Crippen molar-refractivity contribution in [1.29, 1.82) is 0 Å². The molecule has 0 bridgehead atoms. The van der Waals surface area contributed by atoms with E-state index in [1.165, 1.54) is 0 Å². The van der Waals surface area contributed by atoms with E-state index in [2.05, 4.69) is 15.3 Å². The highest BCUT2D eigenvalue weighted by atomic mass is 16.5. The summed E-state index contributed by atoms with van der Waals surface area (Å²) in [5.74, 6) is 2.86. The van der Waals surface area contributed by atoms with Crippen molar-refractivity contribution >= 4 is 11.5 Å². The minimum atomic E-state index is -0.0865. The predicted molar refractivity (Wildman–Crippen MR) is 130 cm³/mol. The smallest absolute Gasteiger partial charge is 0.257 e. The van der Waals surface area contributed by atoms with Crippen molar-refractivity contribution in [1.82, 2.24) is 24.9 Å². The van der Waals surface area contributed by atoms with Crippen LogP contribution in [0.1, 0.15) is 35.0 Å². The molecule has 0 N–H and O–H groups in total. The first kappa shape index (κ1) is 24.1. The second-order valence-electron chi connectivity index (χ2n) is 7.86. The molecule has 1 aliphatic heterocycles. The van der Waals surface area contributed by atoms with Crippen molar-refractivity contribution in [3.8, 4) is 28.9 Å². The lowest BCUT2D eigenvalue weighted by atomic mass is 9.97. The fourth-order valence-electron chi connectivity index (χ4n) is 4.07. The van der Waals surface area contributed by atoms with Gasteiger partial charge in [0.25, 0.3) is 5.91 Å². The maximum Gasteiger partial charge on any atom is 0.257 e. The minimum absolute atomic E-state index is 0.0865. The van der Waals surface area contributed by atoms with Gasteiger partial charge in [-0.15, -0.1) is 10.2 Å². The molecule has 35 heavy (non-hydrogen) atoms. The molecule has 0 aliphatic carbocycles. The molecular formula is C25H29N5O5. The lowest BCUT2D eigenvalue weighted by Crippen LogP contribution is -2.35. The number of carbonyl (C=O) groups is 1. The van der Waals surface area contributed by atoms with E-state index in [1.807, 2.05) is 32.1 Å². The van der Waals surface area contributed by atoms with Gasteiger partial charge < -0.3 is 23.8 Å². The first-order valence-electron chi connectivity index (χ1n) is 11.3. The lowest BCUT2D eigenvalue weighted by Gasteiger charge is -2.28. The summed E-state index contributed by atoms with van der Waals surface area (Å²) in [4.78, 5) is 15.1. The number of ether oxygens (including phenoxy) is 4. The third-order valence-corrected chi connectivity index (χ3v) is 5.91. The number of hydrogen-bond acceptors (Lipinski definition) is 8. The summed E-state index contributed by atoms with van der Waals surface area (Å²) in [7, 11) is 4.84. The van der Waals surface area contributed by atoms with Crippen LogP contribution in [0.15, 0.2) is 36.5 Å². The number of carbonyl (C=O) groups excluding carboxylic acids is 1. The van der Waals surface area contributed by atoms with Gasteiger partial charge in [-0.2, -0.15) is 5.10 Å². The van der Waals surface area contributed by atoms with Crippen LogP contribution in [0.2, 0.25) is 0 Å². The van der Waals surface area contributed by atoms with E-state index in [0.717, 1.165) is 11.1 Å². The summed E-state index contributed by atoms with van der Waals surface area (Å²) in [6.45, 7) is 5.25. The molecule has 10 heteroatoms. The molecule has 0 spiro atoms. The number of aromatic nitrogens is 4. The molecule has 184 valence electrons. The Bertz CT molecular complexity index is 1210. The highest BCUT2D eigenvalue weighted by molar-refractivity contribution is 5.96. The van der Waals surface area contributed by atoms with Gasteiger partial charge in [-0.3, -0.25) is 4.79 Å². The lowest BCUT2D eigenvalue weighted by molar-refractivity contribution is 0.0772. The van der Waals surface area contributed by atoms with Gasteiger partial charge in [0.2, 0.25) is 5.88 Å². The summed E-state index contributed by atoms with van der Waals surface area (Å²) in [6, 6.07) is 7.15. The third kappa shape index (κ3) is 4.77. The van der Waals surface area contributed by atoms with Gasteiger partial charge in [0, 0.05) is 31.3 Å². The van der Waals surface area contributed by atoms with Crippen LogP contribution in [0.4, 0.5) is 0 Å². The fraction of sp³-hybridized carbons (Fsp3) is 0.360. The third-order valence-electron chi connectivity index (χ3n) is 5.91. The highest BCUT2D eigenvalue weighted by Crippen LogP contribution is 2.41. The Hall–Kier alpha value is -4.08. The average Bonchev–Trinajstić information content (AvgIpc) is 3.29. The first-order chi connectivity index (χ1) is 17.0. The van der Waals surface area contributed by atoms with Crippen molar-refractivity contribution < 1.29 is 23.7 Å². The molecule has 2 aromatic heterocycles. The topological polar surface area (TPSA) is 101 Å². The zero-order chi connectivity index (χ0) is 24.9. The first-order valence-corrected chi connectivity index (χ1v) is 11.3. The average molecular weight is 480 g/mol. The molecule has 0 radical (unpaired) electrons. The van der Waals surface area contributed by atoms with Crippen LogP contribution in [-0.4, -0.2) is 71.8 Å². The van der Waals surface area contributed by atoms with Crippen LogP contribution in [-0.2, 0) is 0 Å². The van der Waals surface area contributed by atoms with Crippen LogP contribution in [0.5, 0.6) is 23.1 Å². The van der Waals surface area contributed by atoms with E-state index < -0.39 is 0 Å². The number of benzene rings is 1. The standard InChI is InChI=1S/C25H29N5O5/c1-6-35-23-8-7-22(27-28-23)30-16(2)19(15-26-30)25(31)29-11-9-17(10-12-29)24-20(33-4)13-18(32-3)14-21(24)34-5/h7-9,13-15H,6,10-12H2,1-5H3. The van der Waals surface area contributed by atoms with Crippen LogP contribution >= 0.6 is 0 Å². The summed E-state index contributed by atoms with van der Waals surface area (Å²) < 4.78 is 23.5. The summed E-state index contributed by atoms with van der Waals surface area (Å²) in [5, 5.41) is 12.6. The molecule has 3 heterocycles. The Balaban J connectivity index is 1.54. The zero-order valence-corrected chi connectivity index (χ0v) is 20.6. The van der Waals surface area contributed by atoms with Gasteiger partial charge in [0.1, 0.15) is 17.2 Å². The molecule has 0 saturated carbocycles. The van der Waals surface area contributed by atoms with E-state index >= 15 is 0 Å². The van der Waals surface area contributed by atoms with Crippen molar-refractivity contribution in [3.05, 3.63) is 53.4 Å². The van der Waals surface area contributed by atoms with Gasteiger partial charge in [-0.1, -0.05) is 6.08 Å². The quantitative estimate of drug-likeness (QED) is 0.485. The number of methoxy groups -OCH3 is 3. The van der Waals surface area contributed by atoms with Gasteiger partial charge in [-0.25, -0.2) is 4.68 Å². The SMILES string of the molecule is CCOc1ccc(-n2ncc(C(=O)N3CC=C(c4c(OC)cc(OC)cc4OC)CC3)c2C)nn1. The van der Waals surface area contributed by atoms with E-state index in [1.54, 1.807) is 49.2 Å². The van der Waals surface area contributed by atoms with E-state index in [0.29, 0.717) is 66.3 Å². The van der Waals surface area contributed by atoms with Gasteiger partial charge in [0.15, 0.2) is 5.82 Å². The molecule has 3 aromatic rings.